The van der Waals surface area contributed by atoms with Gasteiger partial charge in [0.1, 0.15) is 0 Å². The minimum Gasteiger partial charge on any atom is -0.487 e. The third-order valence-electron chi connectivity index (χ3n) is 2.25. The fraction of sp³-hybridized carbons (Fsp3) is 0.556. The maximum atomic E-state index is 5.65. The van der Waals surface area contributed by atoms with Crippen molar-refractivity contribution in [2.24, 2.45) is 0 Å². The molecule has 4 heteroatoms. The van der Waals surface area contributed by atoms with Gasteiger partial charge in [0.05, 0.1) is 18.5 Å². The lowest BCUT2D eigenvalue weighted by Crippen LogP contribution is -2.11. The molecular formula is C9H13N3O. The van der Waals surface area contributed by atoms with Crippen LogP contribution in [0.2, 0.25) is 0 Å². The van der Waals surface area contributed by atoms with Crippen molar-refractivity contribution >= 4 is 5.95 Å². The van der Waals surface area contributed by atoms with Crippen LogP contribution in [0.4, 0.5) is 5.95 Å². The van der Waals surface area contributed by atoms with Crippen LogP contribution in [0.15, 0.2) is 12.4 Å². The molecule has 4 nitrogen and oxygen atoms in total. The van der Waals surface area contributed by atoms with E-state index in [1.54, 1.807) is 12.4 Å². The molecule has 0 aliphatic heterocycles. The molecular weight excluding hydrogens is 166 g/mol. The van der Waals surface area contributed by atoms with Crippen molar-refractivity contribution in [1.29, 1.82) is 0 Å². The van der Waals surface area contributed by atoms with Crippen LogP contribution < -0.4 is 10.5 Å². The fourth-order valence-electron chi connectivity index (χ4n) is 1.59. The van der Waals surface area contributed by atoms with Gasteiger partial charge in [-0.1, -0.05) is 0 Å². The molecule has 13 heavy (non-hydrogen) atoms. The smallest absolute Gasteiger partial charge is 0.220 e. The summed E-state index contributed by atoms with van der Waals surface area (Å²) < 4.78 is 5.65. The summed E-state index contributed by atoms with van der Waals surface area (Å²) in [5, 5.41) is 0. The molecule has 0 saturated heterocycles. The Morgan fingerprint density at radius 2 is 1.85 bits per heavy atom. The van der Waals surface area contributed by atoms with E-state index in [0.29, 0.717) is 12.1 Å². The highest BCUT2D eigenvalue weighted by Crippen LogP contribution is 2.23. The van der Waals surface area contributed by atoms with E-state index in [4.69, 9.17) is 10.5 Å². The van der Waals surface area contributed by atoms with Crippen molar-refractivity contribution in [3.63, 3.8) is 0 Å². The molecule has 1 aliphatic carbocycles. The van der Waals surface area contributed by atoms with Crippen molar-refractivity contribution in [1.82, 2.24) is 9.97 Å². The molecule has 1 aromatic rings. The third kappa shape index (κ3) is 2.08. The molecule has 1 heterocycles. The van der Waals surface area contributed by atoms with Crippen molar-refractivity contribution in [2.75, 3.05) is 5.73 Å². The Morgan fingerprint density at radius 1 is 1.23 bits per heavy atom. The van der Waals surface area contributed by atoms with Crippen LogP contribution in [-0.2, 0) is 0 Å². The third-order valence-corrected chi connectivity index (χ3v) is 2.25. The summed E-state index contributed by atoms with van der Waals surface area (Å²) in [6, 6.07) is 0. The number of nitrogen functional groups attached to an aromatic ring is 1. The molecule has 0 unspecified atom stereocenters. The van der Waals surface area contributed by atoms with Gasteiger partial charge < -0.3 is 10.5 Å². The summed E-state index contributed by atoms with van der Waals surface area (Å²) >= 11 is 0. The van der Waals surface area contributed by atoms with Gasteiger partial charge in [0.25, 0.3) is 0 Å². The first-order valence-electron chi connectivity index (χ1n) is 4.59. The van der Waals surface area contributed by atoms with E-state index in [1.165, 1.54) is 12.8 Å². The molecule has 2 N–H and O–H groups in total. The van der Waals surface area contributed by atoms with E-state index in [0.717, 1.165) is 18.6 Å². The second kappa shape index (κ2) is 3.60. The quantitative estimate of drug-likeness (QED) is 0.745. The van der Waals surface area contributed by atoms with Gasteiger partial charge in [0.2, 0.25) is 5.95 Å². The minimum absolute atomic E-state index is 0.291. The van der Waals surface area contributed by atoms with Gasteiger partial charge in [0.15, 0.2) is 5.75 Å². The van der Waals surface area contributed by atoms with Crippen molar-refractivity contribution in [2.45, 2.75) is 31.8 Å². The Balaban J connectivity index is 1.97. The molecule has 2 rings (SSSR count). The van der Waals surface area contributed by atoms with E-state index in [2.05, 4.69) is 9.97 Å². The maximum absolute atomic E-state index is 5.65. The van der Waals surface area contributed by atoms with E-state index in [9.17, 15) is 0 Å². The monoisotopic (exact) mass is 179 g/mol. The highest BCUT2D eigenvalue weighted by atomic mass is 16.5. The zero-order chi connectivity index (χ0) is 9.10. The summed E-state index contributed by atoms with van der Waals surface area (Å²) in [6.45, 7) is 0. The van der Waals surface area contributed by atoms with Gasteiger partial charge in [-0.15, -0.1) is 0 Å². The van der Waals surface area contributed by atoms with E-state index in [-0.39, 0.29) is 0 Å². The molecule has 0 radical (unpaired) electrons. The Bertz CT molecular complexity index is 267. The summed E-state index contributed by atoms with van der Waals surface area (Å²) in [7, 11) is 0. The van der Waals surface area contributed by atoms with Gasteiger partial charge >= 0.3 is 0 Å². The highest BCUT2D eigenvalue weighted by Gasteiger charge is 2.16. The number of nitrogens with zero attached hydrogens (tertiary/aromatic N) is 2. The SMILES string of the molecule is Nc1ncc(OC2CCCC2)cn1. The molecule has 1 saturated carbocycles. The van der Waals surface area contributed by atoms with Crippen LogP contribution in [0.5, 0.6) is 5.75 Å². The molecule has 1 fully saturated rings. The Kier molecular flexibility index (Phi) is 2.29. The lowest BCUT2D eigenvalue weighted by molar-refractivity contribution is 0.208. The van der Waals surface area contributed by atoms with E-state index >= 15 is 0 Å². The molecule has 0 aromatic carbocycles. The minimum atomic E-state index is 0.291. The van der Waals surface area contributed by atoms with E-state index < -0.39 is 0 Å². The first-order chi connectivity index (χ1) is 6.34. The van der Waals surface area contributed by atoms with Gasteiger partial charge in [-0.2, -0.15) is 0 Å². The van der Waals surface area contributed by atoms with E-state index in [1.807, 2.05) is 0 Å². The molecule has 1 aliphatic rings. The predicted octanol–water partition coefficient (Wildman–Crippen LogP) is 1.38. The Hall–Kier alpha value is -1.32. The van der Waals surface area contributed by atoms with Crippen LogP contribution in [0.3, 0.4) is 0 Å². The van der Waals surface area contributed by atoms with Crippen LogP contribution in [-0.4, -0.2) is 16.1 Å². The number of aromatic nitrogens is 2. The van der Waals surface area contributed by atoms with Crippen molar-refractivity contribution < 1.29 is 4.74 Å². The molecule has 0 bridgehead atoms. The molecule has 70 valence electrons. The number of nitrogens with two attached hydrogens (primary N) is 1. The van der Waals surface area contributed by atoms with Crippen LogP contribution in [0.1, 0.15) is 25.7 Å². The first kappa shape index (κ1) is 8.29. The lowest BCUT2D eigenvalue weighted by Gasteiger charge is -2.11. The molecule has 0 amide bonds. The maximum Gasteiger partial charge on any atom is 0.220 e. The van der Waals surface area contributed by atoms with Gasteiger partial charge in [-0.25, -0.2) is 9.97 Å². The van der Waals surface area contributed by atoms with Crippen LogP contribution in [0.25, 0.3) is 0 Å². The highest BCUT2D eigenvalue weighted by molar-refractivity contribution is 5.21. The van der Waals surface area contributed by atoms with Crippen molar-refractivity contribution in [3.8, 4) is 5.75 Å². The van der Waals surface area contributed by atoms with Gasteiger partial charge in [-0.05, 0) is 25.7 Å². The zero-order valence-corrected chi connectivity index (χ0v) is 7.44. The zero-order valence-electron chi connectivity index (χ0n) is 7.44. The number of ether oxygens (including phenoxy) is 1. The molecule has 1 aromatic heterocycles. The summed E-state index contributed by atoms with van der Waals surface area (Å²) in [4.78, 5) is 7.73. The average molecular weight is 179 g/mol. The van der Waals surface area contributed by atoms with Gasteiger partial charge in [-0.3, -0.25) is 0 Å². The van der Waals surface area contributed by atoms with Crippen LogP contribution in [0, 0.1) is 0 Å². The lowest BCUT2D eigenvalue weighted by atomic mass is 10.3. The summed E-state index contributed by atoms with van der Waals surface area (Å²) in [6.07, 6.45) is 8.42. The summed E-state index contributed by atoms with van der Waals surface area (Å²) in [5.41, 5.74) is 5.36. The van der Waals surface area contributed by atoms with Crippen LogP contribution >= 0.6 is 0 Å². The fourth-order valence-corrected chi connectivity index (χ4v) is 1.59. The second-order valence-electron chi connectivity index (χ2n) is 3.30. The predicted molar refractivity (Wildman–Crippen MR) is 49.3 cm³/mol. The Morgan fingerprint density at radius 3 is 2.46 bits per heavy atom. The normalized spacial score (nSPS) is 17.5. The van der Waals surface area contributed by atoms with Crippen molar-refractivity contribution in [3.05, 3.63) is 12.4 Å². The topological polar surface area (TPSA) is 61.0 Å². The second-order valence-corrected chi connectivity index (χ2v) is 3.30. The standard InChI is InChI=1S/C9H13N3O/c10-9-11-5-8(6-12-9)13-7-3-1-2-4-7/h5-7H,1-4H2,(H2,10,11,12). The molecule has 0 spiro atoms. The number of hydrogen-bond donors (Lipinski definition) is 1. The summed E-state index contributed by atoms with van der Waals surface area (Å²) in [5.74, 6) is 1.01. The number of rotatable bonds is 2. The largest absolute Gasteiger partial charge is 0.487 e. The number of anilines is 1. The first-order valence-corrected chi connectivity index (χ1v) is 4.59. The Labute approximate surface area is 77.1 Å². The number of hydrogen-bond acceptors (Lipinski definition) is 4. The average Bonchev–Trinajstić information content (AvgIpc) is 2.62. The molecule has 0 atom stereocenters. The van der Waals surface area contributed by atoms with Gasteiger partial charge in [0, 0.05) is 0 Å².